The molecular weight excluding hydrogens is 206 g/mol. The van der Waals surface area contributed by atoms with E-state index < -0.39 is 0 Å². The fourth-order valence-electron chi connectivity index (χ4n) is 1.54. The van der Waals surface area contributed by atoms with Crippen LogP contribution >= 0.6 is 12.4 Å². The highest BCUT2D eigenvalue weighted by atomic mass is 35.5. The van der Waals surface area contributed by atoms with Crippen molar-refractivity contribution in [3.63, 3.8) is 0 Å². The van der Waals surface area contributed by atoms with Crippen molar-refractivity contribution >= 4 is 18.4 Å². The number of carbonyl (C=O) groups excluding carboxylic acids is 1. The first kappa shape index (κ1) is 11.0. The highest BCUT2D eigenvalue weighted by Gasteiger charge is 2.28. The normalized spacial score (nSPS) is 19.4. The van der Waals surface area contributed by atoms with Crippen LogP contribution in [0.25, 0.3) is 0 Å². The van der Waals surface area contributed by atoms with Gasteiger partial charge in [-0.1, -0.05) is 0 Å². The first-order valence-corrected chi connectivity index (χ1v) is 4.16. The Morgan fingerprint density at radius 1 is 1.71 bits per heavy atom. The van der Waals surface area contributed by atoms with Gasteiger partial charge < -0.3 is 4.74 Å². The van der Waals surface area contributed by atoms with Crippen molar-refractivity contribution in [3.8, 4) is 0 Å². The van der Waals surface area contributed by atoms with E-state index in [1.165, 1.54) is 7.11 Å². The number of ether oxygens (including phenoxy) is 1. The molecule has 0 amide bonds. The molecule has 78 valence electrons. The smallest absolute Gasteiger partial charge is 0.329 e. The molecule has 0 aromatic carbocycles. The van der Waals surface area contributed by atoms with Gasteiger partial charge in [0.1, 0.15) is 6.04 Å². The van der Waals surface area contributed by atoms with E-state index in [1.54, 1.807) is 6.20 Å². The fourth-order valence-corrected chi connectivity index (χ4v) is 1.54. The molecule has 2 heterocycles. The molecule has 1 aromatic heterocycles. The lowest BCUT2D eigenvalue weighted by atomic mass is 10.0. The van der Waals surface area contributed by atoms with Crippen LogP contribution in [0.1, 0.15) is 17.3 Å². The van der Waals surface area contributed by atoms with Crippen molar-refractivity contribution in [3.05, 3.63) is 17.5 Å². The highest BCUT2D eigenvalue weighted by molar-refractivity contribution is 5.85. The number of halogens is 1. The van der Waals surface area contributed by atoms with Crippen LogP contribution < -0.4 is 5.32 Å². The van der Waals surface area contributed by atoms with Crippen LogP contribution in [-0.2, 0) is 16.0 Å². The highest BCUT2D eigenvalue weighted by Crippen LogP contribution is 2.20. The zero-order chi connectivity index (χ0) is 9.26. The molecule has 0 spiro atoms. The summed E-state index contributed by atoms with van der Waals surface area (Å²) in [6.07, 6.45) is 2.66. The zero-order valence-electron chi connectivity index (χ0n) is 7.74. The number of hydrogen-bond donors (Lipinski definition) is 2. The fraction of sp³-hybridized carbons (Fsp3) is 0.500. The van der Waals surface area contributed by atoms with E-state index in [1.807, 2.05) is 0 Å². The van der Waals surface area contributed by atoms with Crippen LogP contribution in [0.3, 0.4) is 0 Å². The molecule has 0 saturated heterocycles. The molecular formula is C8H12ClN3O2. The largest absolute Gasteiger partial charge is 0.468 e. The molecule has 2 rings (SSSR count). The number of H-pyrrole nitrogens is 1. The average molecular weight is 218 g/mol. The molecule has 14 heavy (non-hydrogen) atoms. The summed E-state index contributed by atoms with van der Waals surface area (Å²) in [6.45, 7) is 0.784. The number of aromatic amines is 1. The van der Waals surface area contributed by atoms with Gasteiger partial charge in [-0.25, -0.2) is 4.79 Å². The summed E-state index contributed by atoms with van der Waals surface area (Å²) in [5.41, 5.74) is 1.92. The third-order valence-corrected chi connectivity index (χ3v) is 2.22. The monoisotopic (exact) mass is 217 g/mol. The van der Waals surface area contributed by atoms with Gasteiger partial charge in [0.2, 0.25) is 0 Å². The molecule has 1 aliphatic rings. The summed E-state index contributed by atoms with van der Waals surface area (Å²) in [5.74, 6) is -0.273. The Hall–Kier alpha value is -1.07. The van der Waals surface area contributed by atoms with Gasteiger partial charge in [0.25, 0.3) is 0 Å². The maximum absolute atomic E-state index is 11.3. The number of esters is 1. The van der Waals surface area contributed by atoms with Crippen molar-refractivity contribution in [2.24, 2.45) is 0 Å². The van der Waals surface area contributed by atoms with Gasteiger partial charge in [-0.05, 0) is 12.0 Å². The number of hydrogen-bond acceptors (Lipinski definition) is 4. The van der Waals surface area contributed by atoms with Crippen LogP contribution in [0.5, 0.6) is 0 Å². The first-order chi connectivity index (χ1) is 6.33. The Morgan fingerprint density at radius 2 is 2.50 bits per heavy atom. The Balaban J connectivity index is 0.000000980. The molecule has 0 bridgehead atoms. The van der Waals surface area contributed by atoms with Crippen LogP contribution in [0.2, 0.25) is 0 Å². The Kier molecular flexibility index (Phi) is 3.49. The van der Waals surface area contributed by atoms with Crippen molar-refractivity contribution in [2.75, 3.05) is 13.7 Å². The Morgan fingerprint density at radius 3 is 3.21 bits per heavy atom. The second kappa shape index (κ2) is 4.43. The summed E-state index contributed by atoms with van der Waals surface area (Å²) < 4.78 is 4.67. The molecule has 0 radical (unpaired) electrons. The molecule has 1 aliphatic heterocycles. The lowest BCUT2D eigenvalue weighted by Crippen LogP contribution is -2.35. The Bertz CT molecular complexity index is 326. The minimum atomic E-state index is -0.378. The lowest BCUT2D eigenvalue weighted by Gasteiger charge is -2.20. The van der Waals surface area contributed by atoms with Crippen molar-refractivity contribution in [2.45, 2.75) is 12.5 Å². The predicted octanol–water partition coefficient (Wildman–Crippen LogP) is 0.191. The van der Waals surface area contributed by atoms with Gasteiger partial charge in [-0.15, -0.1) is 12.4 Å². The van der Waals surface area contributed by atoms with Crippen molar-refractivity contribution in [1.82, 2.24) is 15.5 Å². The van der Waals surface area contributed by atoms with Gasteiger partial charge in [0, 0.05) is 6.54 Å². The molecule has 1 unspecified atom stereocenters. The minimum absolute atomic E-state index is 0. The summed E-state index contributed by atoms with van der Waals surface area (Å²) in [4.78, 5) is 11.3. The first-order valence-electron chi connectivity index (χ1n) is 4.16. The van der Waals surface area contributed by atoms with Crippen LogP contribution in [0.4, 0.5) is 0 Å². The van der Waals surface area contributed by atoms with Crippen molar-refractivity contribution < 1.29 is 9.53 Å². The molecule has 0 aliphatic carbocycles. The summed E-state index contributed by atoms with van der Waals surface area (Å²) in [6, 6.07) is -0.378. The number of carbonyl (C=O) groups is 1. The van der Waals surface area contributed by atoms with E-state index in [-0.39, 0.29) is 24.4 Å². The standard InChI is InChI=1S/C8H11N3O2.ClH/c1-13-8(12)7-6-5(2-3-9-7)4-10-11-6;/h4,7,9H,2-3H2,1H3,(H,10,11);1H. The second-order valence-corrected chi connectivity index (χ2v) is 2.97. The van der Waals surface area contributed by atoms with Crippen molar-refractivity contribution in [1.29, 1.82) is 0 Å². The second-order valence-electron chi connectivity index (χ2n) is 2.97. The van der Waals surface area contributed by atoms with Gasteiger partial charge >= 0.3 is 5.97 Å². The van der Waals surface area contributed by atoms with Gasteiger partial charge in [-0.3, -0.25) is 10.4 Å². The summed E-state index contributed by atoms with van der Waals surface area (Å²) in [7, 11) is 1.38. The Labute approximate surface area is 87.6 Å². The number of aromatic nitrogens is 2. The quantitative estimate of drug-likeness (QED) is 0.660. The number of fused-ring (bicyclic) bond motifs is 1. The maximum atomic E-state index is 11.3. The molecule has 1 aromatic rings. The van der Waals surface area contributed by atoms with E-state index in [0.717, 1.165) is 24.2 Å². The van der Waals surface area contributed by atoms with Gasteiger partial charge in [-0.2, -0.15) is 5.10 Å². The topological polar surface area (TPSA) is 67.0 Å². The molecule has 1 atom stereocenters. The van der Waals surface area contributed by atoms with E-state index in [2.05, 4.69) is 20.3 Å². The minimum Gasteiger partial charge on any atom is -0.468 e. The van der Waals surface area contributed by atoms with Crippen LogP contribution in [0.15, 0.2) is 6.20 Å². The number of nitrogens with one attached hydrogen (secondary N) is 2. The van der Waals surface area contributed by atoms with E-state index in [4.69, 9.17) is 0 Å². The number of nitrogens with zero attached hydrogens (tertiary/aromatic N) is 1. The lowest BCUT2D eigenvalue weighted by molar-refractivity contribution is -0.143. The average Bonchev–Trinajstić information content (AvgIpc) is 2.63. The van der Waals surface area contributed by atoms with Crippen LogP contribution in [-0.4, -0.2) is 29.8 Å². The van der Waals surface area contributed by atoms with Gasteiger partial charge in [0.05, 0.1) is 19.0 Å². The maximum Gasteiger partial charge on any atom is 0.329 e. The zero-order valence-corrected chi connectivity index (χ0v) is 8.56. The summed E-state index contributed by atoms with van der Waals surface area (Å²) in [5, 5.41) is 9.77. The number of methoxy groups -OCH3 is 1. The SMILES string of the molecule is COC(=O)C1NCCc2cn[nH]c21.Cl. The van der Waals surface area contributed by atoms with E-state index in [9.17, 15) is 4.79 Å². The molecule has 6 heteroatoms. The molecule has 5 nitrogen and oxygen atoms in total. The van der Waals surface area contributed by atoms with Crippen LogP contribution in [0, 0.1) is 0 Å². The predicted molar refractivity (Wildman–Crippen MR) is 52.3 cm³/mol. The molecule has 0 fully saturated rings. The van der Waals surface area contributed by atoms with E-state index >= 15 is 0 Å². The van der Waals surface area contributed by atoms with Gasteiger partial charge in [0.15, 0.2) is 0 Å². The third-order valence-electron chi connectivity index (χ3n) is 2.22. The molecule has 2 N–H and O–H groups in total. The van der Waals surface area contributed by atoms with E-state index in [0.29, 0.717) is 0 Å². The summed E-state index contributed by atoms with van der Waals surface area (Å²) >= 11 is 0. The number of rotatable bonds is 1. The molecule has 0 saturated carbocycles. The third kappa shape index (κ3) is 1.73.